The first-order valence-corrected chi connectivity index (χ1v) is 6.95. The number of methoxy groups -OCH3 is 1. The van der Waals surface area contributed by atoms with Crippen LogP contribution in [-0.2, 0) is 0 Å². The van der Waals surface area contributed by atoms with Gasteiger partial charge >= 0.3 is 0 Å². The smallest absolute Gasteiger partial charge is 0.172 e. The van der Waals surface area contributed by atoms with Crippen molar-refractivity contribution in [3.05, 3.63) is 23.8 Å². The highest BCUT2D eigenvalue weighted by Gasteiger charge is 2.10. The number of ether oxygens (including phenoxy) is 2. The molecule has 4 heteroatoms. The van der Waals surface area contributed by atoms with Crippen LogP contribution in [0.5, 0.6) is 11.5 Å². The quantitative estimate of drug-likeness (QED) is 0.701. The van der Waals surface area contributed by atoms with Gasteiger partial charge in [-0.15, -0.1) is 0 Å². The first-order valence-electron chi connectivity index (χ1n) is 5.55. The normalized spacial score (nSPS) is 10.1. The van der Waals surface area contributed by atoms with Crippen molar-refractivity contribution >= 4 is 17.5 Å². The summed E-state index contributed by atoms with van der Waals surface area (Å²) in [5.74, 6) is 1.90. The summed E-state index contributed by atoms with van der Waals surface area (Å²) in [5, 5.41) is 0. The summed E-state index contributed by atoms with van der Waals surface area (Å²) in [6, 6.07) is 5.31. The second-order valence-electron chi connectivity index (χ2n) is 3.57. The molecule has 0 unspecified atom stereocenters. The lowest BCUT2D eigenvalue weighted by molar-refractivity contribution is 0.102. The van der Waals surface area contributed by atoms with Crippen molar-refractivity contribution in [1.29, 1.82) is 0 Å². The van der Waals surface area contributed by atoms with Crippen LogP contribution in [0.3, 0.4) is 0 Å². The number of hydrogen-bond acceptors (Lipinski definition) is 4. The number of thioether (sulfide) groups is 1. The standard InChI is InChI=1S/C13H18O3S/c1-4-7-16-13-8-10(11(14)9-17-3)5-6-12(13)15-2/h5-6,8H,4,7,9H2,1-3H3. The fraction of sp³-hybridized carbons (Fsp3) is 0.462. The molecular weight excluding hydrogens is 236 g/mol. The molecule has 0 fully saturated rings. The van der Waals surface area contributed by atoms with Gasteiger partial charge in [-0.2, -0.15) is 11.8 Å². The van der Waals surface area contributed by atoms with E-state index in [0.717, 1.165) is 6.42 Å². The predicted octanol–water partition coefficient (Wildman–Crippen LogP) is 3.03. The van der Waals surface area contributed by atoms with Gasteiger partial charge < -0.3 is 9.47 Å². The van der Waals surface area contributed by atoms with Gasteiger partial charge in [0.1, 0.15) is 0 Å². The number of rotatable bonds is 7. The minimum absolute atomic E-state index is 0.113. The molecule has 0 radical (unpaired) electrons. The van der Waals surface area contributed by atoms with E-state index in [0.29, 0.717) is 29.4 Å². The summed E-state index contributed by atoms with van der Waals surface area (Å²) in [4.78, 5) is 11.8. The number of ketones is 1. The van der Waals surface area contributed by atoms with Crippen LogP contribution in [0.4, 0.5) is 0 Å². The molecule has 0 aliphatic carbocycles. The van der Waals surface area contributed by atoms with Crippen LogP contribution >= 0.6 is 11.8 Å². The monoisotopic (exact) mass is 254 g/mol. The SMILES string of the molecule is CCCOc1cc(C(=O)CSC)ccc1OC. The minimum atomic E-state index is 0.113. The molecule has 17 heavy (non-hydrogen) atoms. The topological polar surface area (TPSA) is 35.5 Å². The average molecular weight is 254 g/mol. The summed E-state index contributed by atoms with van der Waals surface area (Å²) in [5.41, 5.74) is 0.672. The highest BCUT2D eigenvalue weighted by Crippen LogP contribution is 2.28. The first kappa shape index (κ1) is 13.9. The van der Waals surface area contributed by atoms with Crippen LogP contribution in [0.15, 0.2) is 18.2 Å². The molecule has 1 rings (SSSR count). The lowest BCUT2D eigenvalue weighted by Gasteiger charge is -2.11. The van der Waals surface area contributed by atoms with Crippen molar-refractivity contribution < 1.29 is 14.3 Å². The minimum Gasteiger partial charge on any atom is -0.493 e. The summed E-state index contributed by atoms with van der Waals surface area (Å²) in [6.07, 6.45) is 2.84. The Balaban J connectivity index is 2.91. The maximum atomic E-state index is 11.8. The van der Waals surface area contributed by atoms with Crippen molar-refractivity contribution in [2.75, 3.05) is 25.7 Å². The zero-order valence-corrected chi connectivity index (χ0v) is 11.3. The Bertz CT molecular complexity index is 377. The fourth-order valence-corrected chi connectivity index (χ4v) is 1.82. The van der Waals surface area contributed by atoms with Gasteiger partial charge in [0.05, 0.1) is 19.5 Å². The summed E-state index contributed by atoms with van der Waals surface area (Å²) < 4.78 is 10.8. The van der Waals surface area contributed by atoms with Crippen molar-refractivity contribution in [3.8, 4) is 11.5 Å². The molecule has 0 spiro atoms. The molecule has 3 nitrogen and oxygen atoms in total. The van der Waals surface area contributed by atoms with E-state index < -0.39 is 0 Å². The molecular formula is C13H18O3S. The van der Waals surface area contributed by atoms with Gasteiger partial charge in [0.2, 0.25) is 0 Å². The summed E-state index contributed by atoms with van der Waals surface area (Å²) >= 11 is 1.52. The van der Waals surface area contributed by atoms with Crippen molar-refractivity contribution in [1.82, 2.24) is 0 Å². The zero-order valence-electron chi connectivity index (χ0n) is 10.5. The largest absolute Gasteiger partial charge is 0.493 e. The maximum absolute atomic E-state index is 11.8. The first-order chi connectivity index (χ1) is 8.22. The lowest BCUT2D eigenvalue weighted by atomic mass is 10.1. The Morgan fingerprint density at radius 1 is 1.35 bits per heavy atom. The molecule has 0 atom stereocenters. The highest BCUT2D eigenvalue weighted by molar-refractivity contribution is 7.99. The molecule has 0 N–H and O–H groups in total. The highest BCUT2D eigenvalue weighted by atomic mass is 32.2. The molecule has 0 bridgehead atoms. The fourth-order valence-electron chi connectivity index (χ4n) is 1.39. The molecule has 0 heterocycles. The van der Waals surface area contributed by atoms with Crippen molar-refractivity contribution in [2.24, 2.45) is 0 Å². The Hall–Kier alpha value is -1.16. The molecule has 0 aliphatic rings. The second-order valence-corrected chi connectivity index (χ2v) is 4.44. The van der Waals surface area contributed by atoms with E-state index >= 15 is 0 Å². The Morgan fingerprint density at radius 2 is 2.12 bits per heavy atom. The molecule has 0 aliphatic heterocycles. The van der Waals surface area contributed by atoms with E-state index in [1.54, 1.807) is 25.3 Å². The van der Waals surface area contributed by atoms with E-state index in [1.165, 1.54) is 11.8 Å². The van der Waals surface area contributed by atoms with Gasteiger partial charge in [-0.05, 0) is 30.9 Å². The van der Waals surface area contributed by atoms with Crippen LogP contribution in [0.2, 0.25) is 0 Å². The van der Waals surface area contributed by atoms with Gasteiger partial charge in [0.25, 0.3) is 0 Å². The van der Waals surface area contributed by atoms with Gasteiger partial charge in [0, 0.05) is 5.56 Å². The third-order valence-electron chi connectivity index (χ3n) is 2.22. The van der Waals surface area contributed by atoms with E-state index in [2.05, 4.69) is 0 Å². The van der Waals surface area contributed by atoms with Gasteiger partial charge in [-0.3, -0.25) is 4.79 Å². The number of benzene rings is 1. The van der Waals surface area contributed by atoms with Gasteiger partial charge in [-0.25, -0.2) is 0 Å². The molecule has 1 aromatic rings. The van der Waals surface area contributed by atoms with E-state index in [9.17, 15) is 4.79 Å². The molecule has 0 saturated carbocycles. The molecule has 94 valence electrons. The van der Waals surface area contributed by atoms with Crippen LogP contribution in [0.25, 0.3) is 0 Å². The Morgan fingerprint density at radius 3 is 2.71 bits per heavy atom. The third kappa shape index (κ3) is 3.97. The van der Waals surface area contributed by atoms with Gasteiger partial charge in [-0.1, -0.05) is 6.92 Å². The van der Waals surface area contributed by atoms with Crippen LogP contribution in [-0.4, -0.2) is 31.5 Å². The number of hydrogen-bond donors (Lipinski definition) is 0. The third-order valence-corrected chi connectivity index (χ3v) is 2.77. The van der Waals surface area contributed by atoms with E-state index in [4.69, 9.17) is 9.47 Å². The van der Waals surface area contributed by atoms with Crippen LogP contribution in [0.1, 0.15) is 23.7 Å². The van der Waals surface area contributed by atoms with E-state index in [1.807, 2.05) is 13.2 Å². The van der Waals surface area contributed by atoms with Crippen LogP contribution < -0.4 is 9.47 Å². The predicted molar refractivity (Wildman–Crippen MR) is 71.5 cm³/mol. The number of Topliss-reactive ketones (excluding diaryl/α,β-unsaturated/α-hetero) is 1. The molecule has 0 saturated heterocycles. The Kier molecular flexibility index (Phi) is 5.91. The second kappa shape index (κ2) is 7.22. The number of carbonyl (C=O) groups is 1. The summed E-state index contributed by atoms with van der Waals surface area (Å²) in [7, 11) is 1.59. The zero-order chi connectivity index (χ0) is 12.7. The van der Waals surface area contributed by atoms with E-state index in [-0.39, 0.29) is 5.78 Å². The lowest BCUT2D eigenvalue weighted by Crippen LogP contribution is -2.04. The van der Waals surface area contributed by atoms with Gasteiger partial charge in [0.15, 0.2) is 17.3 Å². The molecule has 1 aromatic carbocycles. The van der Waals surface area contributed by atoms with Crippen molar-refractivity contribution in [3.63, 3.8) is 0 Å². The summed E-state index contributed by atoms with van der Waals surface area (Å²) in [6.45, 7) is 2.66. The maximum Gasteiger partial charge on any atom is 0.172 e. The molecule has 0 aromatic heterocycles. The average Bonchev–Trinajstić information content (AvgIpc) is 2.36. The van der Waals surface area contributed by atoms with Crippen LogP contribution in [0, 0.1) is 0 Å². The van der Waals surface area contributed by atoms with Crippen molar-refractivity contribution in [2.45, 2.75) is 13.3 Å². The Labute approximate surface area is 106 Å². The molecule has 0 amide bonds. The number of carbonyl (C=O) groups excluding carboxylic acids is 1.